The Bertz CT molecular complexity index is 1410. The number of nitrogens with one attached hydrogen (secondary N) is 1. The summed E-state index contributed by atoms with van der Waals surface area (Å²) in [5.74, 6) is 0.690. The van der Waals surface area contributed by atoms with E-state index in [1.54, 1.807) is 6.20 Å². The molecule has 1 saturated heterocycles. The first-order chi connectivity index (χ1) is 18.8. The highest BCUT2D eigenvalue weighted by Crippen LogP contribution is 2.47. The maximum atomic E-state index is 11.7. The molecule has 1 unspecified atom stereocenters. The first kappa shape index (κ1) is 26.0. The van der Waals surface area contributed by atoms with Crippen LogP contribution in [-0.2, 0) is 27.9 Å². The van der Waals surface area contributed by atoms with Crippen LogP contribution in [0.2, 0.25) is 5.02 Å². The fourth-order valence-electron chi connectivity index (χ4n) is 6.47. The van der Waals surface area contributed by atoms with Gasteiger partial charge in [-0.1, -0.05) is 36.7 Å². The maximum absolute atomic E-state index is 11.7. The van der Waals surface area contributed by atoms with Gasteiger partial charge in [0.25, 0.3) is 0 Å². The Balaban J connectivity index is 1.34. The molecule has 1 fully saturated rings. The van der Waals surface area contributed by atoms with E-state index in [0.29, 0.717) is 29.3 Å². The van der Waals surface area contributed by atoms with E-state index in [4.69, 9.17) is 21.3 Å². The number of hydrogen-bond acceptors (Lipinski definition) is 7. The summed E-state index contributed by atoms with van der Waals surface area (Å²) in [6, 6.07) is 12.4. The first-order valence-electron chi connectivity index (χ1n) is 13.6. The van der Waals surface area contributed by atoms with Crippen molar-refractivity contribution in [3.05, 3.63) is 69.9 Å². The van der Waals surface area contributed by atoms with Crippen LogP contribution in [-0.4, -0.2) is 59.3 Å². The summed E-state index contributed by atoms with van der Waals surface area (Å²) in [6.07, 6.45) is 4.78. The molecule has 3 aliphatic rings. The Morgan fingerprint density at radius 1 is 1.26 bits per heavy atom. The van der Waals surface area contributed by atoms with Gasteiger partial charge < -0.3 is 25.0 Å². The molecule has 4 heterocycles. The van der Waals surface area contributed by atoms with Gasteiger partial charge in [0, 0.05) is 49.6 Å². The number of anilines is 4. The van der Waals surface area contributed by atoms with Gasteiger partial charge in [-0.25, -0.2) is 4.98 Å². The fourth-order valence-corrected chi connectivity index (χ4v) is 6.66. The molecule has 1 atom stereocenters. The highest BCUT2D eigenvalue weighted by Gasteiger charge is 2.42. The van der Waals surface area contributed by atoms with E-state index in [0.717, 1.165) is 62.5 Å². The average molecular weight is 548 g/mol. The number of aliphatic carboxylic acids is 1. The number of hydrogen-bond donors (Lipinski definition) is 2. The average Bonchev–Trinajstić information content (AvgIpc) is 3.21. The zero-order valence-corrected chi connectivity index (χ0v) is 23.2. The third-order valence-corrected chi connectivity index (χ3v) is 8.62. The van der Waals surface area contributed by atoms with E-state index in [-0.39, 0.29) is 6.42 Å². The number of carbonyl (C=O) groups is 1. The molecule has 0 radical (unpaired) electrons. The number of ether oxygens (including phenoxy) is 1. The Hall–Kier alpha value is -3.20. The predicted octanol–water partition coefficient (Wildman–Crippen LogP) is 5.64. The standard InChI is InChI=1S/C30H34ClN5O3/c1-30(15-27(37)38)18-36(26-6-4-3-5-24(26)30)28-25(31)16-32-29(34-28)33-21-13-20-17-35(2)10-7-22(20)23(14-21)19-8-11-39-12-9-19/h3-6,13-14,16,19H,7-12,15,17-18H2,1-2H3,(H,37,38)(H,32,33,34). The molecule has 0 spiro atoms. The smallest absolute Gasteiger partial charge is 0.304 e. The van der Waals surface area contributed by atoms with E-state index >= 15 is 0 Å². The van der Waals surface area contributed by atoms with Gasteiger partial charge in [-0.3, -0.25) is 4.79 Å². The Kier molecular flexibility index (Phi) is 6.95. The number of likely N-dealkylation sites (N-methyl/N-ethyl adjacent to an activating group) is 1. The summed E-state index contributed by atoms with van der Waals surface area (Å²) >= 11 is 6.65. The van der Waals surface area contributed by atoms with Crippen molar-refractivity contribution in [3.8, 4) is 0 Å². The second kappa shape index (κ2) is 10.4. The lowest BCUT2D eigenvalue weighted by molar-refractivity contribution is -0.138. The van der Waals surface area contributed by atoms with Crippen LogP contribution in [0.25, 0.3) is 0 Å². The number of nitrogens with zero attached hydrogens (tertiary/aromatic N) is 4. The lowest BCUT2D eigenvalue weighted by Crippen LogP contribution is -2.31. The number of aromatic nitrogens is 2. The zero-order chi connectivity index (χ0) is 27.1. The number of benzene rings is 2. The third-order valence-electron chi connectivity index (χ3n) is 8.35. The van der Waals surface area contributed by atoms with Crippen molar-refractivity contribution in [1.82, 2.24) is 14.9 Å². The monoisotopic (exact) mass is 547 g/mol. The molecule has 0 saturated carbocycles. The Morgan fingerprint density at radius 2 is 2.05 bits per heavy atom. The van der Waals surface area contributed by atoms with E-state index < -0.39 is 11.4 Å². The minimum absolute atomic E-state index is 0.0207. The summed E-state index contributed by atoms with van der Waals surface area (Å²) in [4.78, 5) is 25.5. The van der Waals surface area contributed by atoms with Crippen LogP contribution in [0.4, 0.5) is 23.1 Å². The summed E-state index contributed by atoms with van der Waals surface area (Å²) in [7, 11) is 2.16. The Labute approximate surface area is 234 Å². The van der Waals surface area contributed by atoms with Crippen LogP contribution >= 0.6 is 11.6 Å². The molecular weight excluding hydrogens is 514 g/mol. The van der Waals surface area contributed by atoms with Gasteiger partial charge in [-0.15, -0.1) is 0 Å². The highest BCUT2D eigenvalue weighted by atomic mass is 35.5. The van der Waals surface area contributed by atoms with E-state index in [1.807, 2.05) is 36.1 Å². The number of fused-ring (bicyclic) bond motifs is 2. The van der Waals surface area contributed by atoms with Crippen LogP contribution in [0, 0.1) is 0 Å². The van der Waals surface area contributed by atoms with Crippen LogP contribution in [0.5, 0.6) is 0 Å². The normalized spacial score (nSPS) is 21.5. The lowest BCUT2D eigenvalue weighted by Gasteiger charge is -2.31. The van der Waals surface area contributed by atoms with Gasteiger partial charge >= 0.3 is 5.97 Å². The second-order valence-corrected chi connectivity index (χ2v) is 11.7. The van der Waals surface area contributed by atoms with Crippen LogP contribution in [0.3, 0.4) is 0 Å². The molecule has 9 heteroatoms. The van der Waals surface area contributed by atoms with Crippen molar-refractivity contribution < 1.29 is 14.6 Å². The molecule has 2 N–H and O–H groups in total. The molecule has 204 valence electrons. The van der Waals surface area contributed by atoms with E-state index in [1.165, 1.54) is 16.7 Å². The fraction of sp³-hybridized carbons (Fsp3) is 0.433. The van der Waals surface area contributed by atoms with Crippen molar-refractivity contribution >= 4 is 40.7 Å². The topological polar surface area (TPSA) is 90.8 Å². The molecule has 39 heavy (non-hydrogen) atoms. The van der Waals surface area contributed by atoms with Gasteiger partial charge in [0.1, 0.15) is 5.02 Å². The maximum Gasteiger partial charge on any atom is 0.304 e. The van der Waals surface area contributed by atoms with Gasteiger partial charge in [0.05, 0.1) is 12.6 Å². The van der Waals surface area contributed by atoms with Crippen molar-refractivity contribution in [2.45, 2.75) is 50.5 Å². The summed E-state index contributed by atoms with van der Waals surface area (Å²) < 4.78 is 5.65. The van der Waals surface area contributed by atoms with Gasteiger partial charge in [-0.05, 0) is 72.7 Å². The Morgan fingerprint density at radius 3 is 2.85 bits per heavy atom. The number of carboxylic acid groups (broad SMARTS) is 1. The first-order valence-corrected chi connectivity index (χ1v) is 14.0. The van der Waals surface area contributed by atoms with Crippen molar-refractivity contribution in [3.63, 3.8) is 0 Å². The molecule has 3 aromatic rings. The van der Waals surface area contributed by atoms with Crippen LogP contribution < -0.4 is 10.2 Å². The molecule has 6 rings (SSSR count). The van der Waals surface area contributed by atoms with Gasteiger partial charge in [0.15, 0.2) is 5.82 Å². The zero-order valence-electron chi connectivity index (χ0n) is 22.4. The van der Waals surface area contributed by atoms with Crippen LogP contribution in [0.15, 0.2) is 42.6 Å². The second-order valence-electron chi connectivity index (χ2n) is 11.3. The molecule has 0 bridgehead atoms. The molecule has 0 aliphatic carbocycles. The van der Waals surface area contributed by atoms with Crippen molar-refractivity contribution in [2.75, 3.05) is 43.6 Å². The summed E-state index contributed by atoms with van der Waals surface area (Å²) in [5, 5.41) is 13.5. The minimum Gasteiger partial charge on any atom is -0.481 e. The van der Waals surface area contributed by atoms with Gasteiger partial charge in [0.2, 0.25) is 5.95 Å². The number of carboxylic acids is 1. The van der Waals surface area contributed by atoms with E-state index in [2.05, 4.69) is 34.4 Å². The molecule has 3 aliphatic heterocycles. The minimum atomic E-state index is -0.830. The molecular formula is C30H34ClN5O3. The summed E-state index contributed by atoms with van der Waals surface area (Å²) in [6.45, 7) is 6.04. The molecule has 8 nitrogen and oxygen atoms in total. The number of halogens is 1. The van der Waals surface area contributed by atoms with Crippen molar-refractivity contribution in [2.24, 2.45) is 0 Å². The van der Waals surface area contributed by atoms with Crippen molar-refractivity contribution in [1.29, 1.82) is 0 Å². The lowest BCUT2D eigenvalue weighted by atomic mass is 9.81. The number of rotatable bonds is 6. The largest absolute Gasteiger partial charge is 0.481 e. The predicted molar refractivity (Wildman–Crippen MR) is 153 cm³/mol. The molecule has 1 aromatic heterocycles. The highest BCUT2D eigenvalue weighted by molar-refractivity contribution is 6.33. The molecule has 2 aromatic carbocycles. The van der Waals surface area contributed by atoms with Gasteiger partial charge in [-0.2, -0.15) is 4.98 Å². The SMILES string of the molecule is CN1CCc2c(cc(Nc3ncc(Cl)c(N4CC(C)(CC(=O)O)c5ccccc54)n3)cc2C2CCOCC2)C1. The van der Waals surface area contributed by atoms with E-state index in [9.17, 15) is 9.90 Å². The number of para-hydroxylation sites is 1. The third kappa shape index (κ3) is 5.09. The van der Waals surface area contributed by atoms with Crippen LogP contribution in [0.1, 0.15) is 54.4 Å². The molecule has 0 amide bonds. The summed E-state index contributed by atoms with van der Waals surface area (Å²) in [5.41, 5.74) is 6.56. The quantitative estimate of drug-likeness (QED) is 0.410.